The summed E-state index contributed by atoms with van der Waals surface area (Å²) in [6.45, 7) is 1.84. The molecule has 0 aliphatic heterocycles. The van der Waals surface area contributed by atoms with Gasteiger partial charge in [-0.25, -0.2) is 4.98 Å². The van der Waals surface area contributed by atoms with Gasteiger partial charge in [-0.3, -0.25) is 0 Å². The van der Waals surface area contributed by atoms with Crippen LogP contribution in [0, 0.1) is 6.92 Å². The van der Waals surface area contributed by atoms with E-state index in [1.807, 2.05) is 19.1 Å². The molecule has 0 radical (unpaired) electrons. The van der Waals surface area contributed by atoms with Crippen molar-refractivity contribution in [2.24, 2.45) is 0 Å². The summed E-state index contributed by atoms with van der Waals surface area (Å²) in [7, 11) is 0. The molecule has 2 aromatic heterocycles. The zero-order chi connectivity index (χ0) is 8.55. The van der Waals surface area contributed by atoms with Gasteiger partial charge >= 0.3 is 0 Å². The van der Waals surface area contributed by atoms with Gasteiger partial charge in [0.25, 0.3) is 0 Å². The van der Waals surface area contributed by atoms with Crippen LogP contribution in [0.3, 0.4) is 0 Å². The summed E-state index contributed by atoms with van der Waals surface area (Å²) in [4.78, 5) is 5.13. The molecular formula is C8H6BrNOS. The number of oxazole rings is 1. The number of hydrogen-bond donors (Lipinski definition) is 0. The molecule has 0 aliphatic carbocycles. The van der Waals surface area contributed by atoms with Gasteiger partial charge in [0.15, 0.2) is 11.7 Å². The van der Waals surface area contributed by atoms with Crippen LogP contribution >= 0.6 is 27.3 Å². The van der Waals surface area contributed by atoms with Crippen LogP contribution in [0.5, 0.6) is 0 Å². The highest BCUT2D eigenvalue weighted by Crippen LogP contribution is 2.31. The molecule has 0 saturated heterocycles. The Morgan fingerprint density at radius 1 is 1.50 bits per heavy atom. The van der Waals surface area contributed by atoms with E-state index < -0.39 is 0 Å². The highest BCUT2D eigenvalue weighted by atomic mass is 79.9. The molecule has 2 aromatic rings. The van der Waals surface area contributed by atoms with Crippen molar-refractivity contribution in [3.05, 3.63) is 28.0 Å². The molecule has 0 bridgehead atoms. The Morgan fingerprint density at radius 2 is 2.33 bits per heavy atom. The first kappa shape index (κ1) is 8.01. The summed E-state index contributed by atoms with van der Waals surface area (Å²) in [5, 5.41) is 0. The average molecular weight is 244 g/mol. The summed E-state index contributed by atoms with van der Waals surface area (Å²) in [6.07, 6.45) is 1.74. The van der Waals surface area contributed by atoms with Gasteiger partial charge in [-0.15, -0.1) is 11.3 Å². The number of thiophene rings is 1. The molecule has 0 saturated carbocycles. The molecule has 0 atom stereocenters. The lowest BCUT2D eigenvalue weighted by Gasteiger charge is -1.85. The first-order valence-corrected chi connectivity index (χ1v) is 5.05. The van der Waals surface area contributed by atoms with Gasteiger partial charge in [-0.1, -0.05) is 0 Å². The summed E-state index contributed by atoms with van der Waals surface area (Å²) in [6, 6.07) is 4.01. The Bertz CT molecular complexity index is 355. The Morgan fingerprint density at radius 3 is 2.83 bits per heavy atom. The molecule has 0 fully saturated rings. The van der Waals surface area contributed by atoms with Crippen LogP contribution in [-0.2, 0) is 0 Å². The maximum absolute atomic E-state index is 5.36. The van der Waals surface area contributed by atoms with Crippen LogP contribution in [0.25, 0.3) is 10.6 Å². The van der Waals surface area contributed by atoms with Gasteiger partial charge in [0, 0.05) is 6.92 Å². The van der Waals surface area contributed by atoms with Crippen LogP contribution < -0.4 is 0 Å². The molecule has 0 aromatic carbocycles. The van der Waals surface area contributed by atoms with Crippen molar-refractivity contribution in [1.29, 1.82) is 0 Å². The Kier molecular flexibility index (Phi) is 2.02. The fourth-order valence-corrected chi connectivity index (χ4v) is 2.25. The normalized spacial score (nSPS) is 10.5. The van der Waals surface area contributed by atoms with E-state index in [2.05, 4.69) is 20.9 Å². The van der Waals surface area contributed by atoms with Crippen molar-refractivity contribution in [2.45, 2.75) is 6.92 Å². The van der Waals surface area contributed by atoms with Gasteiger partial charge in [-0.05, 0) is 28.1 Å². The van der Waals surface area contributed by atoms with Crippen molar-refractivity contribution >= 4 is 27.3 Å². The molecule has 2 rings (SSSR count). The Balaban J connectivity index is 2.43. The third kappa shape index (κ3) is 1.44. The molecular weight excluding hydrogens is 238 g/mol. The van der Waals surface area contributed by atoms with Gasteiger partial charge in [0.1, 0.15) is 0 Å². The summed E-state index contributed by atoms with van der Waals surface area (Å²) in [5.41, 5.74) is 0. The topological polar surface area (TPSA) is 26.0 Å². The molecule has 0 amide bonds. The number of aromatic nitrogens is 1. The smallest absolute Gasteiger partial charge is 0.191 e. The first-order chi connectivity index (χ1) is 5.75. The molecule has 2 heterocycles. The molecule has 0 spiro atoms. The highest BCUT2D eigenvalue weighted by molar-refractivity contribution is 9.11. The van der Waals surface area contributed by atoms with E-state index in [-0.39, 0.29) is 0 Å². The lowest BCUT2D eigenvalue weighted by Crippen LogP contribution is -1.60. The van der Waals surface area contributed by atoms with E-state index in [9.17, 15) is 0 Å². The largest absolute Gasteiger partial charge is 0.440 e. The predicted molar refractivity (Wildman–Crippen MR) is 52.3 cm³/mol. The van der Waals surface area contributed by atoms with Gasteiger partial charge in [-0.2, -0.15) is 0 Å². The van der Waals surface area contributed by atoms with Crippen LogP contribution in [-0.4, -0.2) is 4.98 Å². The minimum atomic E-state index is 0.703. The van der Waals surface area contributed by atoms with Crippen molar-refractivity contribution in [3.63, 3.8) is 0 Å². The maximum Gasteiger partial charge on any atom is 0.191 e. The van der Waals surface area contributed by atoms with Crippen molar-refractivity contribution < 1.29 is 4.42 Å². The van der Waals surface area contributed by atoms with E-state index in [1.54, 1.807) is 17.5 Å². The van der Waals surface area contributed by atoms with Crippen molar-refractivity contribution in [2.75, 3.05) is 0 Å². The number of rotatable bonds is 1. The first-order valence-electron chi connectivity index (χ1n) is 3.44. The molecule has 12 heavy (non-hydrogen) atoms. The highest BCUT2D eigenvalue weighted by Gasteiger charge is 2.05. The van der Waals surface area contributed by atoms with Crippen LogP contribution in [0.2, 0.25) is 0 Å². The standard InChI is InChI=1S/C8H6BrNOS/c1-5-10-4-6(11-5)7-2-3-8(9)12-7/h2-4H,1H3. The van der Waals surface area contributed by atoms with E-state index in [0.29, 0.717) is 5.89 Å². The Hall–Kier alpha value is -0.610. The van der Waals surface area contributed by atoms with E-state index >= 15 is 0 Å². The fraction of sp³-hybridized carbons (Fsp3) is 0.125. The maximum atomic E-state index is 5.36. The van der Waals surface area contributed by atoms with E-state index in [1.165, 1.54) is 0 Å². The minimum absolute atomic E-state index is 0.703. The fourth-order valence-electron chi connectivity index (χ4n) is 0.922. The lowest BCUT2D eigenvalue weighted by molar-refractivity contribution is 0.535. The molecule has 0 aliphatic rings. The average Bonchev–Trinajstić information content (AvgIpc) is 2.58. The molecule has 0 N–H and O–H groups in total. The quantitative estimate of drug-likeness (QED) is 0.767. The minimum Gasteiger partial charge on any atom is -0.440 e. The van der Waals surface area contributed by atoms with Crippen LogP contribution in [0.4, 0.5) is 0 Å². The van der Waals surface area contributed by atoms with Gasteiger partial charge < -0.3 is 4.42 Å². The molecule has 0 unspecified atom stereocenters. The zero-order valence-electron chi connectivity index (χ0n) is 6.37. The van der Waals surface area contributed by atoms with Crippen molar-refractivity contribution in [1.82, 2.24) is 4.98 Å². The van der Waals surface area contributed by atoms with Crippen molar-refractivity contribution in [3.8, 4) is 10.6 Å². The van der Waals surface area contributed by atoms with E-state index in [4.69, 9.17) is 4.42 Å². The summed E-state index contributed by atoms with van der Waals surface area (Å²) >= 11 is 5.03. The van der Waals surface area contributed by atoms with Gasteiger partial charge in [0.05, 0.1) is 14.9 Å². The van der Waals surface area contributed by atoms with Crippen LogP contribution in [0.15, 0.2) is 26.5 Å². The number of nitrogens with zero attached hydrogens (tertiary/aromatic N) is 1. The second-order valence-electron chi connectivity index (χ2n) is 2.35. The number of aryl methyl sites for hydroxylation is 1. The second-order valence-corrected chi connectivity index (χ2v) is 4.81. The number of halogens is 1. The SMILES string of the molecule is Cc1ncc(-c2ccc(Br)s2)o1. The summed E-state index contributed by atoms with van der Waals surface area (Å²) < 4.78 is 6.46. The third-order valence-electron chi connectivity index (χ3n) is 1.44. The van der Waals surface area contributed by atoms with E-state index in [0.717, 1.165) is 14.4 Å². The molecule has 62 valence electrons. The monoisotopic (exact) mass is 243 g/mol. The predicted octanol–water partition coefficient (Wildman–Crippen LogP) is 3.47. The van der Waals surface area contributed by atoms with Gasteiger partial charge in [0.2, 0.25) is 0 Å². The zero-order valence-corrected chi connectivity index (χ0v) is 8.78. The summed E-state index contributed by atoms with van der Waals surface area (Å²) in [5.74, 6) is 1.54. The second kappa shape index (κ2) is 3.03. The third-order valence-corrected chi connectivity index (χ3v) is 3.08. The molecule has 4 heteroatoms. The lowest BCUT2D eigenvalue weighted by atomic mass is 10.4. The van der Waals surface area contributed by atoms with Crippen LogP contribution in [0.1, 0.15) is 5.89 Å². The Labute approximate surface area is 82.4 Å². The number of hydrogen-bond acceptors (Lipinski definition) is 3. The molecule has 2 nitrogen and oxygen atoms in total.